The van der Waals surface area contributed by atoms with Crippen molar-refractivity contribution in [2.24, 2.45) is 0 Å². The highest BCUT2D eigenvalue weighted by molar-refractivity contribution is 7.80. The summed E-state index contributed by atoms with van der Waals surface area (Å²) in [7, 11) is 0. The Bertz CT molecular complexity index is 1630. The number of thiocarbonyl (C=S) groups is 1. The number of carboxylic acids is 1. The molecule has 5 rings (SSSR count). The highest BCUT2D eigenvalue weighted by Gasteiger charge is 2.41. The maximum absolute atomic E-state index is 13.0. The van der Waals surface area contributed by atoms with Crippen molar-refractivity contribution in [3.05, 3.63) is 112 Å². The summed E-state index contributed by atoms with van der Waals surface area (Å²) in [6, 6.07) is 20.4. The van der Waals surface area contributed by atoms with Crippen LogP contribution in [0.1, 0.15) is 62.6 Å². The Morgan fingerprint density at radius 3 is 2.54 bits per heavy atom. The van der Waals surface area contributed by atoms with E-state index in [1.807, 2.05) is 76.2 Å². The summed E-state index contributed by atoms with van der Waals surface area (Å²) in [4.78, 5) is 31.4. The standard InChI is InChI=1S/C32H33N5O3S/c1-19-8-7-9-24(16-19)34-28(38)13-15-36-30(29(35-32(36)41)26-10-5-6-14-33-26)25-17-21(3)37(22(25)4)27-18-23(31(39)40)12-11-20(27)2/h5-12,14,16-18,29-30H,13,15H2,1-4H3,(H,34,38)(H,35,41)(H,39,40)/t29-,30+/m0/s1. The molecule has 2 atom stereocenters. The molecule has 0 unspecified atom stereocenters. The predicted molar refractivity (Wildman–Crippen MR) is 164 cm³/mol. The van der Waals surface area contributed by atoms with Crippen molar-refractivity contribution in [1.82, 2.24) is 19.8 Å². The predicted octanol–water partition coefficient (Wildman–Crippen LogP) is 5.81. The van der Waals surface area contributed by atoms with E-state index in [1.54, 1.807) is 18.3 Å². The third-order valence-electron chi connectivity index (χ3n) is 7.57. The first-order valence-electron chi connectivity index (χ1n) is 13.5. The zero-order valence-electron chi connectivity index (χ0n) is 23.5. The van der Waals surface area contributed by atoms with Gasteiger partial charge in [-0.2, -0.15) is 0 Å². The molecule has 1 amide bonds. The van der Waals surface area contributed by atoms with Gasteiger partial charge >= 0.3 is 5.97 Å². The smallest absolute Gasteiger partial charge is 0.335 e. The van der Waals surface area contributed by atoms with E-state index in [2.05, 4.69) is 31.2 Å². The lowest BCUT2D eigenvalue weighted by Gasteiger charge is -2.28. The number of amides is 1. The number of hydrogen-bond acceptors (Lipinski definition) is 4. The molecule has 0 saturated carbocycles. The number of carbonyl (C=O) groups is 2. The molecule has 1 aliphatic heterocycles. The van der Waals surface area contributed by atoms with Crippen LogP contribution in [0.5, 0.6) is 0 Å². The van der Waals surface area contributed by atoms with Gasteiger partial charge in [0, 0.05) is 41.9 Å². The van der Waals surface area contributed by atoms with E-state index in [1.165, 1.54) is 0 Å². The topological polar surface area (TPSA) is 99.5 Å². The molecule has 1 fully saturated rings. The zero-order chi connectivity index (χ0) is 29.3. The maximum atomic E-state index is 13.0. The van der Waals surface area contributed by atoms with Crippen LogP contribution in [0.4, 0.5) is 5.69 Å². The van der Waals surface area contributed by atoms with Gasteiger partial charge in [0.05, 0.1) is 23.3 Å². The largest absolute Gasteiger partial charge is 0.478 e. The van der Waals surface area contributed by atoms with E-state index in [4.69, 9.17) is 12.2 Å². The summed E-state index contributed by atoms with van der Waals surface area (Å²) in [6.07, 6.45) is 2.01. The fraction of sp³-hybridized carbons (Fsp3) is 0.250. The zero-order valence-corrected chi connectivity index (χ0v) is 24.3. The number of carboxylic acid groups (broad SMARTS) is 1. The lowest BCUT2D eigenvalue weighted by molar-refractivity contribution is -0.116. The Morgan fingerprint density at radius 1 is 1.02 bits per heavy atom. The molecule has 3 heterocycles. The van der Waals surface area contributed by atoms with Gasteiger partial charge in [0.15, 0.2) is 5.11 Å². The minimum absolute atomic E-state index is 0.0926. The molecular weight excluding hydrogens is 534 g/mol. The molecule has 1 saturated heterocycles. The Labute approximate surface area is 245 Å². The minimum Gasteiger partial charge on any atom is -0.478 e. The van der Waals surface area contributed by atoms with Gasteiger partial charge in [0.1, 0.15) is 0 Å². The molecule has 41 heavy (non-hydrogen) atoms. The summed E-state index contributed by atoms with van der Waals surface area (Å²) in [5.41, 5.74) is 7.68. The summed E-state index contributed by atoms with van der Waals surface area (Å²) in [5.74, 6) is -1.06. The van der Waals surface area contributed by atoms with Crippen LogP contribution in [0, 0.1) is 27.7 Å². The average Bonchev–Trinajstić information content (AvgIpc) is 3.42. The number of anilines is 1. The first kappa shape index (κ1) is 28.0. The Kier molecular flexibility index (Phi) is 7.90. The molecule has 0 radical (unpaired) electrons. The number of carbonyl (C=O) groups excluding carboxylic acids is 1. The average molecular weight is 568 g/mol. The van der Waals surface area contributed by atoms with Crippen molar-refractivity contribution in [2.45, 2.75) is 46.2 Å². The number of nitrogens with zero attached hydrogens (tertiary/aromatic N) is 3. The van der Waals surface area contributed by atoms with Crippen LogP contribution in [0.15, 0.2) is 72.9 Å². The maximum Gasteiger partial charge on any atom is 0.335 e. The van der Waals surface area contributed by atoms with Gasteiger partial charge in [-0.05, 0) is 99.1 Å². The number of benzene rings is 2. The SMILES string of the molecule is Cc1cccc(NC(=O)CCN2C(=S)N[C@@H](c3ccccn3)[C@H]2c2cc(C)n(-c3cc(C(=O)O)ccc3C)c2C)c1. The lowest BCUT2D eigenvalue weighted by Crippen LogP contribution is -2.32. The molecule has 3 N–H and O–H groups in total. The summed E-state index contributed by atoms with van der Waals surface area (Å²) < 4.78 is 2.09. The second-order valence-corrected chi connectivity index (χ2v) is 10.8. The molecular formula is C32H33N5O3S. The fourth-order valence-electron chi connectivity index (χ4n) is 5.59. The number of aromatic carboxylic acids is 1. The number of aryl methyl sites for hydroxylation is 3. The highest BCUT2D eigenvalue weighted by Crippen LogP contribution is 2.41. The van der Waals surface area contributed by atoms with Crippen LogP contribution in [-0.2, 0) is 4.79 Å². The Hall–Kier alpha value is -4.50. The monoisotopic (exact) mass is 567 g/mol. The second kappa shape index (κ2) is 11.5. The first-order chi connectivity index (χ1) is 19.6. The molecule has 210 valence electrons. The minimum atomic E-state index is -0.968. The van der Waals surface area contributed by atoms with Gasteiger partial charge in [0.25, 0.3) is 0 Å². The van der Waals surface area contributed by atoms with Crippen LogP contribution in [0.3, 0.4) is 0 Å². The fourth-order valence-corrected chi connectivity index (χ4v) is 5.93. The highest BCUT2D eigenvalue weighted by atomic mass is 32.1. The molecule has 9 heteroatoms. The Morgan fingerprint density at radius 2 is 1.83 bits per heavy atom. The molecule has 2 aromatic heterocycles. The third-order valence-corrected chi connectivity index (χ3v) is 7.92. The van der Waals surface area contributed by atoms with E-state index >= 15 is 0 Å². The molecule has 1 aliphatic rings. The molecule has 2 aromatic carbocycles. The third kappa shape index (κ3) is 5.71. The van der Waals surface area contributed by atoms with Gasteiger partial charge < -0.3 is 25.2 Å². The van der Waals surface area contributed by atoms with Crippen molar-refractivity contribution in [3.8, 4) is 5.69 Å². The molecule has 0 bridgehead atoms. The quantitative estimate of drug-likeness (QED) is 0.231. The van der Waals surface area contributed by atoms with E-state index in [-0.39, 0.29) is 30.0 Å². The van der Waals surface area contributed by atoms with Crippen LogP contribution >= 0.6 is 12.2 Å². The van der Waals surface area contributed by atoms with E-state index in [0.717, 1.165) is 45.1 Å². The normalized spacial score (nSPS) is 16.5. The number of rotatable bonds is 8. The summed E-state index contributed by atoms with van der Waals surface area (Å²) >= 11 is 5.82. The summed E-state index contributed by atoms with van der Waals surface area (Å²) in [6.45, 7) is 8.42. The van der Waals surface area contributed by atoms with Crippen molar-refractivity contribution >= 4 is 34.9 Å². The van der Waals surface area contributed by atoms with Crippen molar-refractivity contribution in [1.29, 1.82) is 0 Å². The molecule has 8 nitrogen and oxygen atoms in total. The Balaban J connectivity index is 1.51. The number of nitrogens with one attached hydrogen (secondary N) is 2. The van der Waals surface area contributed by atoms with Gasteiger partial charge in [-0.25, -0.2) is 4.79 Å². The van der Waals surface area contributed by atoms with Crippen molar-refractivity contribution < 1.29 is 14.7 Å². The second-order valence-electron chi connectivity index (χ2n) is 10.5. The number of hydrogen-bond donors (Lipinski definition) is 3. The van der Waals surface area contributed by atoms with Crippen LogP contribution in [0.2, 0.25) is 0 Å². The molecule has 0 aliphatic carbocycles. The van der Waals surface area contributed by atoms with Gasteiger partial charge in [-0.15, -0.1) is 0 Å². The van der Waals surface area contributed by atoms with Gasteiger partial charge in [-0.1, -0.05) is 24.3 Å². The van der Waals surface area contributed by atoms with E-state index in [0.29, 0.717) is 11.7 Å². The van der Waals surface area contributed by atoms with Crippen molar-refractivity contribution in [3.63, 3.8) is 0 Å². The van der Waals surface area contributed by atoms with E-state index < -0.39 is 5.97 Å². The van der Waals surface area contributed by atoms with E-state index in [9.17, 15) is 14.7 Å². The lowest BCUT2D eigenvalue weighted by atomic mass is 9.96. The van der Waals surface area contributed by atoms with Crippen LogP contribution < -0.4 is 10.6 Å². The van der Waals surface area contributed by atoms with Crippen molar-refractivity contribution in [2.75, 3.05) is 11.9 Å². The molecule has 4 aromatic rings. The first-order valence-corrected chi connectivity index (χ1v) is 13.9. The summed E-state index contributed by atoms with van der Waals surface area (Å²) in [5, 5.41) is 16.6. The number of aromatic nitrogens is 2. The van der Waals surface area contributed by atoms with Crippen LogP contribution in [0.25, 0.3) is 5.69 Å². The molecule has 0 spiro atoms. The van der Waals surface area contributed by atoms with Gasteiger partial charge in [-0.3, -0.25) is 9.78 Å². The van der Waals surface area contributed by atoms with Gasteiger partial charge in [0.2, 0.25) is 5.91 Å². The van der Waals surface area contributed by atoms with Crippen LogP contribution in [-0.4, -0.2) is 43.1 Å². The number of pyridine rings is 1.